The van der Waals surface area contributed by atoms with E-state index in [1.165, 1.54) is 0 Å². The summed E-state index contributed by atoms with van der Waals surface area (Å²) in [5.41, 5.74) is 2.91. The van der Waals surface area contributed by atoms with Crippen LogP contribution in [0.3, 0.4) is 0 Å². The summed E-state index contributed by atoms with van der Waals surface area (Å²) < 4.78 is 0. The zero-order valence-corrected chi connectivity index (χ0v) is 23.6. The molecule has 0 saturated carbocycles. The Morgan fingerprint density at radius 3 is 2.17 bits per heavy atom. The van der Waals surface area contributed by atoms with E-state index in [9.17, 15) is 19.2 Å². The molecule has 2 amide bonds. The van der Waals surface area contributed by atoms with Gasteiger partial charge in [0.25, 0.3) is 0 Å². The van der Waals surface area contributed by atoms with Gasteiger partial charge >= 0.3 is 0 Å². The van der Waals surface area contributed by atoms with Crippen LogP contribution < -0.4 is 10.6 Å². The van der Waals surface area contributed by atoms with Crippen molar-refractivity contribution < 1.29 is 19.2 Å². The van der Waals surface area contributed by atoms with Gasteiger partial charge in [0, 0.05) is 44.0 Å². The summed E-state index contributed by atoms with van der Waals surface area (Å²) in [6.07, 6.45) is 3.07. The van der Waals surface area contributed by atoms with Gasteiger partial charge in [0.15, 0.2) is 5.78 Å². The molecule has 1 heterocycles. The first kappa shape index (κ1) is 30.4. The number of Topliss-reactive ketones (excluding diaryl/α,β-unsaturated/α-hetero) is 2. The largest absolute Gasteiger partial charge is 0.356 e. The average Bonchev–Trinajstić information content (AvgIpc) is 2.93. The van der Waals surface area contributed by atoms with Gasteiger partial charge in [-0.1, -0.05) is 60.7 Å². The normalized spacial score (nSPS) is 11.9. The Labute approximate surface area is 236 Å². The molecule has 3 aromatic rings. The number of amides is 2. The number of ketones is 2. The van der Waals surface area contributed by atoms with Gasteiger partial charge in [-0.15, -0.1) is 0 Å². The molecule has 1 atom stereocenters. The number of hydrogen-bond donors (Lipinski definition) is 2. The molecule has 0 radical (unpaired) electrons. The quantitative estimate of drug-likeness (QED) is 0.212. The Morgan fingerprint density at radius 2 is 1.50 bits per heavy atom. The van der Waals surface area contributed by atoms with Crippen molar-refractivity contribution in [3.8, 4) is 11.1 Å². The van der Waals surface area contributed by atoms with Crippen molar-refractivity contribution in [3.05, 3.63) is 90.3 Å². The van der Waals surface area contributed by atoms with Crippen molar-refractivity contribution in [3.63, 3.8) is 0 Å². The van der Waals surface area contributed by atoms with Gasteiger partial charge < -0.3 is 10.6 Å². The average molecular weight is 542 g/mol. The van der Waals surface area contributed by atoms with E-state index in [1.807, 2.05) is 87.5 Å². The number of aromatic nitrogens is 1. The van der Waals surface area contributed by atoms with Crippen LogP contribution in [0.4, 0.5) is 0 Å². The van der Waals surface area contributed by atoms with Crippen LogP contribution in [-0.2, 0) is 20.8 Å². The number of pyridine rings is 1. The molecule has 0 unspecified atom stereocenters. The Bertz CT molecular complexity index is 1280. The van der Waals surface area contributed by atoms with Crippen molar-refractivity contribution in [2.24, 2.45) is 5.92 Å². The fourth-order valence-electron chi connectivity index (χ4n) is 4.38. The van der Waals surface area contributed by atoms with Crippen LogP contribution in [-0.4, -0.2) is 40.4 Å². The molecular formula is C33H39N3O4. The maximum absolute atomic E-state index is 13.0. The van der Waals surface area contributed by atoms with E-state index < -0.39 is 11.5 Å². The summed E-state index contributed by atoms with van der Waals surface area (Å²) in [4.78, 5) is 55.3. The summed E-state index contributed by atoms with van der Waals surface area (Å²) in [6, 6.07) is 23.1. The highest BCUT2D eigenvalue weighted by Gasteiger charge is 2.26. The number of nitrogens with one attached hydrogen (secondary N) is 2. The second-order valence-corrected chi connectivity index (χ2v) is 11.0. The van der Waals surface area contributed by atoms with E-state index in [0.29, 0.717) is 25.0 Å². The van der Waals surface area contributed by atoms with Crippen LogP contribution >= 0.6 is 0 Å². The SMILES string of the molecule is CC(C)(C)NC(=O)C[C@H](CC(=O)CCc1ccccc1)C(=O)NCCCC(=O)c1cc(-c2ccccc2)ccn1. The van der Waals surface area contributed by atoms with Gasteiger partial charge in [-0.25, -0.2) is 0 Å². The van der Waals surface area contributed by atoms with E-state index in [-0.39, 0.29) is 49.2 Å². The van der Waals surface area contributed by atoms with E-state index in [1.54, 1.807) is 12.3 Å². The molecule has 0 aliphatic carbocycles. The highest BCUT2D eigenvalue weighted by atomic mass is 16.2. The highest BCUT2D eigenvalue weighted by molar-refractivity contribution is 5.95. The minimum atomic E-state index is -0.773. The first-order valence-electron chi connectivity index (χ1n) is 13.8. The minimum absolute atomic E-state index is 0.00857. The molecular weight excluding hydrogens is 502 g/mol. The number of nitrogens with zero attached hydrogens (tertiary/aromatic N) is 1. The lowest BCUT2D eigenvalue weighted by Crippen LogP contribution is -2.43. The van der Waals surface area contributed by atoms with Gasteiger partial charge in [0.1, 0.15) is 11.5 Å². The zero-order chi connectivity index (χ0) is 29.0. The summed E-state index contributed by atoms with van der Waals surface area (Å²) >= 11 is 0. The first-order chi connectivity index (χ1) is 19.1. The van der Waals surface area contributed by atoms with Crippen molar-refractivity contribution in [2.75, 3.05) is 6.54 Å². The molecule has 2 aromatic carbocycles. The minimum Gasteiger partial charge on any atom is -0.356 e. The Balaban J connectivity index is 1.52. The molecule has 7 heteroatoms. The van der Waals surface area contributed by atoms with Crippen LogP contribution in [0.1, 0.15) is 68.9 Å². The lowest BCUT2D eigenvalue weighted by atomic mass is 9.94. The Kier molecular flexibility index (Phi) is 11.3. The number of carbonyl (C=O) groups is 4. The predicted molar refractivity (Wildman–Crippen MR) is 157 cm³/mol. The predicted octanol–water partition coefficient (Wildman–Crippen LogP) is 5.34. The highest BCUT2D eigenvalue weighted by Crippen LogP contribution is 2.20. The number of carbonyl (C=O) groups excluding carboxylic acids is 4. The van der Waals surface area contributed by atoms with Crippen LogP contribution in [0.5, 0.6) is 0 Å². The van der Waals surface area contributed by atoms with Gasteiger partial charge in [-0.3, -0.25) is 24.2 Å². The monoisotopic (exact) mass is 541 g/mol. The number of benzene rings is 2. The van der Waals surface area contributed by atoms with Gasteiger partial charge in [-0.05, 0) is 62.4 Å². The third-order valence-corrected chi connectivity index (χ3v) is 6.36. The van der Waals surface area contributed by atoms with Crippen LogP contribution in [0.2, 0.25) is 0 Å². The Hall–Kier alpha value is -4.13. The molecule has 0 saturated heterocycles. The fraction of sp³-hybridized carbons (Fsp3) is 0.364. The molecule has 40 heavy (non-hydrogen) atoms. The first-order valence-corrected chi connectivity index (χ1v) is 13.8. The molecule has 1 aromatic heterocycles. The smallest absolute Gasteiger partial charge is 0.224 e. The van der Waals surface area contributed by atoms with Gasteiger partial charge in [0.2, 0.25) is 11.8 Å². The van der Waals surface area contributed by atoms with Crippen LogP contribution in [0.25, 0.3) is 11.1 Å². The molecule has 2 N–H and O–H groups in total. The summed E-state index contributed by atoms with van der Waals surface area (Å²) in [6.45, 7) is 5.86. The molecule has 0 fully saturated rings. The molecule has 7 nitrogen and oxygen atoms in total. The standard InChI is InChI=1S/C33H39N3O4/c1-33(2,3)36-31(39)23-27(21-28(37)17-16-24-11-6-4-7-12-24)32(40)35-19-10-15-30(38)29-22-26(18-20-34-29)25-13-8-5-9-14-25/h4-9,11-14,18,20,22,27H,10,15-17,19,21,23H2,1-3H3,(H,35,40)(H,36,39)/t27-/m0/s1. The number of hydrogen-bond acceptors (Lipinski definition) is 5. The topological polar surface area (TPSA) is 105 Å². The molecule has 210 valence electrons. The Morgan fingerprint density at radius 1 is 0.825 bits per heavy atom. The van der Waals surface area contributed by atoms with E-state index in [4.69, 9.17) is 0 Å². The molecule has 0 bridgehead atoms. The summed E-state index contributed by atoms with van der Waals surface area (Å²) in [5.74, 6) is -1.57. The van der Waals surface area contributed by atoms with Crippen LogP contribution in [0.15, 0.2) is 79.0 Å². The third-order valence-electron chi connectivity index (χ3n) is 6.36. The van der Waals surface area contributed by atoms with Crippen LogP contribution in [0, 0.1) is 5.92 Å². The lowest BCUT2D eigenvalue weighted by molar-refractivity contribution is -0.133. The summed E-state index contributed by atoms with van der Waals surface area (Å²) in [7, 11) is 0. The maximum atomic E-state index is 13.0. The molecule has 0 aliphatic heterocycles. The molecule has 3 rings (SSSR count). The van der Waals surface area contributed by atoms with E-state index >= 15 is 0 Å². The number of aryl methyl sites for hydroxylation is 1. The molecule has 0 spiro atoms. The zero-order valence-electron chi connectivity index (χ0n) is 23.6. The van der Waals surface area contributed by atoms with Crippen molar-refractivity contribution in [1.29, 1.82) is 0 Å². The third kappa shape index (κ3) is 10.6. The fourth-order valence-corrected chi connectivity index (χ4v) is 4.38. The van der Waals surface area contributed by atoms with E-state index in [2.05, 4.69) is 15.6 Å². The second-order valence-electron chi connectivity index (χ2n) is 11.0. The van der Waals surface area contributed by atoms with Crippen molar-refractivity contribution in [1.82, 2.24) is 15.6 Å². The second kappa shape index (κ2) is 14.9. The van der Waals surface area contributed by atoms with Gasteiger partial charge in [-0.2, -0.15) is 0 Å². The van der Waals surface area contributed by atoms with Crippen molar-refractivity contribution in [2.45, 2.75) is 64.8 Å². The van der Waals surface area contributed by atoms with Crippen molar-refractivity contribution >= 4 is 23.4 Å². The number of rotatable bonds is 14. The van der Waals surface area contributed by atoms with E-state index in [0.717, 1.165) is 16.7 Å². The lowest BCUT2D eigenvalue weighted by Gasteiger charge is -2.22. The van der Waals surface area contributed by atoms with Gasteiger partial charge in [0.05, 0.1) is 5.92 Å². The summed E-state index contributed by atoms with van der Waals surface area (Å²) in [5, 5.41) is 5.70. The maximum Gasteiger partial charge on any atom is 0.224 e. The molecule has 0 aliphatic rings.